The van der Waals surface area contributed by atoms with E-state index >= 15 is 0 Å². The lowest BCUT2D eigenvalue weighted by Crippen LogP contribution is -2.06. The number of esters is 2. The zero-order valence-corrected chi connectivity index (χ0v) is 23.9. The Morgan fingerprint density at radius 1 is 0.444 bits per heavy atom. The van der Waals surface area contributed by atoms with Gasteiger partial charge >= 0.3 is 11.9 Å². The summed E-state index contributed by atoms with van der Waals surface area (Å²) in [6.07, 6.45) is 34.4. The average Bonchev–Trinajstić information content (AvgIpc) is 2.88. The summed E-state index contributed by atoms with van der Waals surface area (Å²) >= 11 is 0. The van der Waals surface area contributed by atoms with Crippen LogP contribution >= 0.6 is 0 Å². The number of allylic oxidation sites excluding steroid dienone is 2. The number of ether oxygens (including phenoxy) is 2. The van der Waals surface area contributed by atoms with E-state index in [1.54, 1.807) is 0 Å². The van der Waals surface area contributed by atoms with Crippen molar-refractivity contribution in [3.63, 3.8) is 0 Å². The van der Waals surface area contributed by atoms with E-state index in [0.717, 1.165) is 38.2 Å². The predicted octanol–water partition coefficient (Wildman–Crippen LogP) is 9.81. The lowest BCUT2D eigenvalue weighted by Gasteiger charge is -2.04. The maximum atomic E-state index is 11.7. The van der Waals surface area contributed by atoms with Gasteiger partial charge in [-0.05, 0) is 32.1 Å². The molecule has 0 spiro atoms. The van der Waals surface area contributed by atoms with Crippen molar-refractivity contribution in [2.45, 2.75) is 155 Å². The van der Waals surface area contributed by atoms with Crippen LogP contribution in [-0.4, -0.2) is 25.2 Å². The highest BCUT2D eigenvalue weighted by molar-refractivity contribution is 5.91. The molecule has 0 atom stereocenters. The first kappa shape index (κ1) is 34.4. The summed E-state index contributed by atoms with van der Waals surface area (Å²) in [5.41, 5.74) is 0. The first-order valence-electron chi connectivity index (χ1n) is 15.4. The van der Waals surface area contributed by atoms with Crippen LogP contribution in [0, 0.1) is 0 Å². The van der Waals surface area contributed by atoms with Gasteiger partial charge in [-0.1, -0.05) is 135 Å². The van der Waals surface area contributed by atoms with E-state index in [1.165, 1.54) is 115 Å². The molecule has 0 aromatic heterocycles. The molecule has 0 bridgehead atoms. The molecular formula is C32H58O4. The third-order valence-corrected chi connectivity index (χ3v) is 6.50. The zero-order chi connectivity index (χ0) is 26.4. The molecule has 0 aromatic rings. The van der Waals surface area contributed by atoms with E-state index in [4.69, 9.17) is 9.47 Å². The first-order valence-corrected chi connectivity index (χ1v) is 15.4. The molecule has 0 amide bonds. The summed E-state index contributed by atoms with van der Waals surface area (Å²) in [5, 5.41) is 0. The highest BCUT2D eigenvalue weighted by Crippen LogP contribution is 2.13. The Bertz CT molecular complexity index is 538. The Labute approximate surface area is 223 Å². The number of rotatable bonds is 27. The topological polar surface area (TPSA) is 52.6 Å². The molecule has 0 aliphatic rings. The molecule has 0 saturated heterocycles. The van der Waals surface area contributed by atoms with E-state index in [0.29, 0.717) is 13.2 Å². The molecule has 210 valence electrons. The molecule has 0 fully saturated rings. The van der Waals surface area contributed by atoms with Crippen molar-refractivity contribution in [2.24, 2.45) is 0 Å². The Balaban J connectivity index is 3.38. The third kappa shape index (κ3) is 28.7. The Hall–Kier alpha value is -1.58. The van der Waals surface area contributed by atoms with Gasteiger partial charge in [-0.2, -0.15) is 0 Å². The molecule has 0 aromatic carbocycles. The summed E-state index contributed by atoms with van der Waals surface area (Å²) in [7, 11) is 0. The van der Waals surface area contributed by atoms with E-state index < -0.39 is 11.9 Å². The van der Waals surface area contributed by atoms with Gasteiger partial charge in [-0.25, -0.2) is 9.59 Å². The van der Waals surface area contributed by atoms with Gasteiger partial charge in [0, 0.05) is 12.2 Å². The molecular weight excluding hydrogens is 448 g/mol. The van der Waals surface area contributed by atoms with E-state index in [2.05, 4.69) is 26.0 Å². The summed E-state index contributed by atoms with van der Waals surface area (Å²) < 4.78 is 10.3. The summed E-state index contributed by atoms with van der Waals surface area (Å²) in [6, 6.07) is 0. The van der Waals surface area contributed by atoms with Crippen molar-refractivity contribution in [3.8, 4) is 0 Å². The van der Waals surface area contributed by atoms with Gasteiger partial charge in [0.25, 0.3) is 0 Å². The second kappa shape index (κ2) is 29.6. The highest BCUT2D eigenvalue weighted by atomic mass is 16.5. The van der Waals surface area contributed by atoms with Gasteiger partial charge in [0.2, 0.25) is 0 Å². The SMILES string of the molecule is CCCCC/C=C/CCCOC(=O)/C=C/C(=O)OCCCCCCCCCCCCCCCCCC. The van der Waals surface area contributed by atoms with E-state index in [-0.39, 0.29) is 0 Å². The summed E-state index contributed by atoms with van der Waals surface area (Å²) in [5.74, 6) is -0.954. The molecule has 0 heterocycles. The predicted molar refractivity (Wildman–Crippen MR) is 153 cm³/mol. The van der Waals surface area contributed by atoms with Crippen LogP contribution in [0.4, 0.5) is 0 Å². The summed E-state index contributed by atoms with van der Waals surface area (Å²) in [6.45, 7) is 5.27. The second-order valence-electron chi connectivity index (χ2n) is 10.1. The van der Waals surface area contributed by atoms with Gasteiger partial charge in [-0.3, -0.25) is 0 Å². The van der Waals surface area contributed by atoms with Crippen LogP contribution in [-0.2, 0) is 19.1 Å². The van der Waals surface area contributed by atoms with Crippen LogP contribution in [0.1, 0.15) is 155 Å². The van der Waals surface area contributed by atoms with Crippen molar-refractivity contribution in [2.75, 3.05) is 13.2 Å². The number of unbranched alkanes of at least 4 members (excludes halogenated alkanes) is 19. The molecule has 0 radical (unpaired) electrons. The van der Waals surface area contributed by atoms with Gasteiger partial charge in [-0.15, -0.1) is 0 Å². The average molecular weight is 507 g/mol. The van der Waals surface area contributed by atoms with E-state index in [9.17, 15) is 9.59 Å². The summed E-state index contributed by atoms with van der Waals surface area (Å²) in [4.78, 5) is 23.4. The van der Waals surface area contributed by atoms with Crippen molar-refractivity contribution >= 4 is 11.9 Å². The molecule has 0 N–H and O–H groups in total. The Morgan fingerprint density at radius 3 is 1.22 bits per heavy atom. The molecule has 0 unspecified atom stereocenters. The van der Waals surface area contributed by atoms with Crippen LogP contribution < -0.4 is 0 Å². The smallest absolute Gasteiger partial charge is 0.331 e. The van der Waals surface area contributed by atoms with Crippen LogP contribution in [0.5, 0.6) is 0 Å². The third-order valence-electron chi connectivity index (χ3n) is 6.50. The maximum Gasteiger partial charge on any atom is 0.331 e. The van der Waals surface area contributed by atoms with Crippen molar-refractivity contribution < 1.29 is 19.1 Å². The molecule has 4 heteroatoms. The van der Waals surface area contributed by atoms with Crippen LogP contribution in [0.2, 0.25) is 0 Å². The van der Waals surface area contributed by atoms with Crippen molar-refractivity contribution in [3.05, 3.63) is 24.3 Å². The van der Waals surface area contributed by atoms with Crippen LogP contribution in [0.15, 0.2) is 24.3 Å². The quantitative estimate of drug-likeness (QED) is 0.0481. The maximum absolute atomic E-state index is 11.7. The van der Waals surface area contributed by atoms with Crippen molar-refractivity contribution in [1.82, 2.24) is 0 Å². The van der Waals surface area contributed by atoms with Crippen LogP contribution in [0.3, 0.4) is 0 Å². The largest absolute Gasteiger partial charge is 0.463 e. The minimum absolute atomic E-state index is 0.372. The standard InChI is InChI=1S/C32H58O4/c1-3-5-7-9-11-13-14-15-16-17-18-19-20-22-24-26-30-36-32(34)28-27-31(33)35-29-25-23-21-12-10-8-6-4-2/h12,21,27-28H,3-11,13-20,22-26,29-30H2,1-2H3/b21-12+,28-27+. The van der Waals surface area contributed by atoms with Gasteiger partial charge in [0.05, 0.1) is 13.2 Å². The second-order valence-corrected chi connectivity index (χ2v) is 10.1. The minimum Gasteiger partial charge on any atom is -0.463 e. The molecule has 0 aliphatic carbocycles. The highest BCUT2D eigenvalue weighted by Gasteiger charge is 2.01. The molecule has 36 heavy (non-hydrogen) atoms. The first-order chi connectivity index (χ1) is 17.7. The van der Waals surface area contributed by atoms with E-state index in [1.807, 2.05) is 0 Å². The number of carbonyl (C=O) groups is 2. The molecule has 0 aliphatic heterocycles. The zero-order valence-electron chi connectivity index (χ0n) is 23.9. The lowest BCUT2D eigenvalue weighted by molar-refractivity contribution is -0.140. The van der Waals surface area contributed by atoms with Crippen molar-refractivity contribution in [1.29, 1.82) is 0 Å². The fourth-order valence-corrected chi connectivity index (χ4v) is 4.18. The van der Waals surface area contributed by atoms with Gasteiger partial charge < -0.3 is 9.47 Å². The molecule has 0 rings (SSSR count). The normalized spacial score (nSPS) is 11.5. The monoisotopic (exact) mass is 506 g/mol. The fourth-order valence-electron chi connectivity index (χ4n) is 4.18. The van der Waals surface area contributed by atoms with Gasteiger partial charge in [0.15, 0.2) is 0 Å². The number of hydrogen-bond donors (Lipinski definition) is 0. The number of hydrogen-bond acceptors (Lipinski definition) is 4. The van der Waals surface area contributed by atoms with Crippen LogP contribution in [0.25, 0.3) is 0 Å². The molecule has 4 nitrogen and oxygen atoms in total. The minimum atomic E-state index is -0.485. The number of carbonyl (C=O) groups excluding carboxylic acids is 2. The Morgan fingerprint density at radius 2 is 0.778 bits per heavy atom. The molecule has 0 saturated carbocycles. The van der Waals surface area contributed by atoms with Gasteiger partial charge in [0.1, 0.15) is 0 Å². The fraction of sp³-hybridized carbons (Fsp3) is 0.812. The Kier molecular flexibility index (Phi) is 28.3. The lowest BCUT2D eigenvalue weighted by atomic mass is 10.0.